The van der Waals surface area contributed by atoms with E-state index < -0.39 is 10.0 Å². The first-order valence-electron chi connectivity index (χ1n) is 6.44. The first-order chi connectivity index (χ1) is 8.98. The fraction of sp³-hybridized carbons (Fsp3) is 0.818. The van der Waals surface area contributed by atoms with Gasteiger partial charge in [-0.2, -0.15) is 4.31 Å². The largest absolute Gasteiger partial charge is 0.345 e. The molecule has 0 radical (unpaired) electrons. The lowest BCUT2D eigenvalue weighted by Gasteiger charge is -2.37. The molecule has 3 rings (SSSR count). The number of sulfonamides is 1. The molecule has 3 fully saturated rings. The summed E-state index contributed by atoms with van der Waals surface area (Å²) in [4.78, 5) is 23.3. The van der Waals surface area contributed by atoms with Crippen LogP contribution in [0.3, 0.4) is 0 Å². The Morgan fingerprint density at radius 3 is 2.47 bits per heavy atom. The van der Waals surface area contributed by atoms with Crippen LogP contribution in [0.1, 0.15) is 19.3 Å². The summed E-state index contributed by atoms with van der Waals surface area (Å²) < 4.78 is 25.1. The van der Waals surface area contributed by atoms with Crippen molar-refractivity contribution in [3.05, 3.63) is 0 Å². The molecule has 0 aromatic heterocycles. The minimum Gasteiger partial charge on any atom is -0.345 e. The van der Waals surface area contributed by atoms with Gasteiger partial charge in [0.05, 0.1) is 17.2 Å². The Balaban J connectivity index is 1.50. The number of carbonyl (C=O) groups excluding carboxylic acids is 2. The van der Waals surface area contributed by atoms with Gasteiger partial charge in [0.2, 0.25) is 21.0 Å². The molecule has 1 amide bonds. The number of thioether (sulfide) groups is 1. The quantitative estimate of drug-likeness (QED) is 0.761. The molecule has 2 heterocycles. The monoisotopic (exact) mass is 304 g/mol. The maximum absolute atomic E-state index is 11.9. The number of nitrogens with one attached hydrogen (secondary N) is 1. The molecule has 1 unspecified atom stereocenters. The fourth-order valence-electron chi connectivity index (χ4n) is 2.30. The van der Waals surface area contributed by atoms with E-state index in [0.29, 0.717) is 6.42 Å². The molecule has 0 spiro atoms. The van der Waals surface area contributed by atoms with E-state index in [1.54, 1.807) is 0 Å². The normalized spacial score (nSPS) is 29.3. The number of rotatable bonds is 4. The molecule has 1 N–H and O–H groups in total. The van der Waals surface area contributed by atoms with Crippen LogP contribution in [0.4, 0.5) is 0 Å². The van der Waals surface area contributed by atoms with Crippen LogP contribution in [-0.4, -0.2) is 53.9 Å². The number of hydrogen-bond donors (Lipinski definition) is 1. The van der Waals surface area contributed by atoms with Crippen LogP contribution in [0.25, 0.3) is 0 Å². The summed E-state index contributed by atoms with van der Waals surface area (Å²) in [6, 6.07) is -0.383. The Kier molecular flexibility index (Phi) is 3.34. The number of hydrogen-bond acceptors (Lipinski definition) is 5. The van der Waals surface area contributed by atoms with Gasteiger partial charge in [-0.1, -0.05) is 11.8 Å². The topological polar surface area (TPSA) is 83.6 Å². The molecule has 1 aliphatic carbocycles. The fourth-order valence-corrected chi connectivity index (χ4v) is 5.17. The highest BCUT2D eigenvalue weighted by molar-refractivity contribution is 8.14. The standard InChI is InChI=1S/C11H16N2O4S2/c14-10(12-9-3-4-18-11(9)15)7-5-13(6-7)19(16,17)8-1-2-8/h7-9H,1-6H2,(H,12,14). The Bertz CT molecular complexity index is 509. The van der Waals surface area contributed by atoms with Crippen molar-refractivity contribution in [3.8, 4) is 0 Å². The lowest BCUT2D eigenvalue weighted by molar-refractivity contribution is -0.130. The number of nitrogens with zero attached hydrogens (tertiary/aromatic N) is 1. The van der Waals surface area contributed by atoms with E-state index in [1.807, 2.05) is 0 Å². The van der Waals surface area contributed by atoms with Gasteiger partial charge in [-0.25, -0.2) is 8.42 Å². The van der Waals surface area contributed by atoms with Crippen molar-refractivity contribution in [2.45, 2.75) is 30.6 Å². The third kappa shape index (κ3) is 2.53. The molecule has 6 nitrogen and oxygen atoms in total. The van der Waals surface area contributed by atoms with Crippen LogP contribution in [-0.2, 0) is 19.6 Å². The van der Waals surface area contributed by atoms with E-state index >= 15 is 0 Å². The average Bonchev–Trinajstić information content (AvgIpc) is 3.04. The van der Waals surface area contributed by atoms with Crippen LogP contribution in [0.5, 0.6) is 0 Å². The van der Waals surface area contributed by atoms with Crippen molar-refractivity contribution in [1.82, 2.24) is 9.62 Å². The molecule has 106 valence electrons. The van der Waals surface area contributed by atoms with Crippen molar-refractivity contribution in [2.75, 3.05) is 18.8 Å². The van der Waals surface area contributed by atoms with Gasteiger partial charge in [0, 0.05) is 18.8 Å². The van der Waals surface area contributed by atoms with Gasteiger partial charge in [0.15, 0.2) is 0 Å². The molecule has 0 aromatic carbocycles. The van der Waals surface area contributed by atoms with Gasteiger partial charge in [-0.3, -0.25) is 9.59 Å². The summed E-state index contributed by atoms with van der Waals surface area (Å²) in [5.41, 5.74) is 0. The zero-order chi connectivity index (χ0) is 13.6. The molecule has 3 aliphatic rings. The Labute approximate surface area is 116 Å². The van der Waals surface area contributed by atoms with Gasteiger partial charge in [-0.15, -0.1) is 0 Å². The maximum atomic E-state index is 11.9. The predicted molar refractivity (Wildman–Crippen MR) is 71.0 cm³/mol. The molecular weight excluding hydrogens is 288 g/mol. The van der Waals surface area contributed by atoms with E-state index in [-0.39, 0.29) is 41.3 Å². The Morgan fingerprint density at radius 2 is 1.95 bits per heavy atom. The molecule has 2 saturated heterocycles. The molecule has 1 atom stereocenters. The predicted octanol–water partition coefficient (Wildman–Crippen LogP) is -0.441. The molecule has 19 heavy (non-hydrogen) atoms. The third-order valence-electron chi connectivity index (χ3n) is 3.78. The Morgan fingerprint density at radius 1 is 1.26 bits per heavy atom. The first kappa shape index (κ1) is 13.4. The summed E-state index contributed by atoms with van der Waals surface area (Å²) in [5, 5.41) is 2.51. The van der Waals surface area contributed by atoms with Crippen LogP contribution in [0.15, 0.2) is 0 Å². The Hall–Kier alpha value is -0.600. The molecule has 1 saturated carbocycles. The number of carbonyl (C=O) groups is 2. The minimum atomic E-state index is -3.15. The molecular formula is C11H16N2O4S2. The zero-order valence-electron chi connectivity index (χ0n) is 10.4. The molecule has 2 aliphatic heterocycles. The lowest BCUT2D eigenvalue weighted by Crippen LogP contribution is -2.57. The second-order valence-electron chi connectivity index (χ2n) is 5.28. The average molecular weight is 304 g/mol. The van der Waals surface area contributed by atoms with E-state index in [4.69, 9.17) is 0 Å². The SMILES string of the molecule is O=C(NC1CCSC1=O)C1CN(S(=O)(=O)C2CC2)C1. The second-order valence-corrected chi connectivity index (χ2v) is 8.59. The van der Waals surface area contributed by atoms with Crippen LogP contribution >= 0.6 is 11.8 Å². The summed E-state index contributed by atoms with van der Waals surface area (Å²) in [6.45, 7) is 0.525. The smallest absolute Gasteiger partial charge is 0.226 e. The summed E-state index contributed by atoms with van der Waals surface area (Å²) in [6.07, 6.45) is 2.15. The van der Waals surface area contributed by atoms with Crippen molar-refractivity contribution < 1.29 is 18.0 Å². The van der Waals surface area contributed by atoms with Gasteiger partial charge >= 0.3 is 0 Å². The molecule has 0 bridgehead atoms. The van der Waals surface area contributed by atoms with E-state index in [1.165, 1.54) is 16.1 Å². The summed E-state index contributed by atoms with van der Waals surface area (Å²) >= 11 is 1.24. The van der Waals surface area contributed by atoms with Gasteiger partial charge in [-0.05, 0) is 19.3 Å². The van der Waals surface area contributed by atoms with E-state index in [0.717, 1.165) is 18.6 Å². The van der Waals surface area contributed by atoms with E-state index in [2.05, 4.69) is 5.32 Å². The summed E-state index contributed by atoms with van der Waals surface area (Å²) in [5.74, 6) is 0.256. The van der Waals surface area contributed by atoms with Crippen molar-refractivity contribution >= 4 is 32.8 Å². The highest BCUT2D eigenvalue weighted by Crippen LogP contribution is 2.34. The van der Waals surface area contributed by atoms with Crippen molar-refractivity contribution in [1.29, 1.82) is 0 Å². The first-order valence-corrected chi connectivity index (χ1v) is 8.93. The van der Waals surface area contributed by atoms with Crippen molar-refractivity contribution in [2.24, 2.45) is 5.92 Å². The van der Waals surface area contributed by atoms with Gasteiger partial charge in [0.25, 0.3) is 0 Å². The number of amides is 1. The zero-order valence-corrected chi connectivity index (χ0v) is 12.0. The van der Waals surface area contributed by atoms with Crippen LogP contribution in [0, 0.1) is 5.92 Å². The highest BCUT2D eigenvalue weighted by atomic mass is 32.2. The molecule has 8 heteroatoms. The van der Waals surface area contributed by atoms with Crippen LogP contribution < -0.4 is 5.32 Å². The summed E-state index contributed by atoms with van der Waals surface area (Å²) in [7, 11) is -3.15. The van der Waals surface area contributed by atoms with Crippen molar-refractivity contribution in [3.63, 3.8) is 0 Å². The highest BCUT2D eigenvalue weighted by Gasteiger charge is 2.47. The minimum absolute atomic E-state index is 0.00938. The van der Waals surface area contributed by atoms with E-state index in [9.17, 15) is 18.0 Å². The van der Waals surface area contributed by atoms with Gasteiger partial charge < -0.3 is 5.32 Å². The second kappa shape index (κ2) is 4.75. The maximum Gasteiger partial charge on any atom is 0.226 e. The van der Waals surface area contributed by atoms with Gasteiger partial charge in [0.1, 0.15) is 0 Å². The van der Waals surface area contributed by atoms with Crippen LogP contribution in [0.2, 0.25) is 0 Å². The lowest BCUT2D eigenvalue weighted by atomic mass is 10.0. The third-order valence-corrected chi connectivity index (χ3v) is 7.12. The molecule has 0 aromatic rings.